The number of carbonyl (C=O) groups is 1. The number of methoxy groups -OCH3 is 1. The van der Waals surface area contributed by atoms with Gasteiger partial charge in [-0.1, -0.05) is 6.07 Å². The lowest BCUT2D eigenvalue weighted by atomic mass is 10.0. The number of aromatic nitrogens is 3. The Labute approximate surface area is 166 Å². The zero-order valence-corrected chi connectivity index (χ0v) is 16.4. The van der Waals surface area contributed by atoms with Gasteiger partial charge in [-0.3, -0.25) is 9.59 Å². The Kier molecular flexibility index (Phi) is 5.19. The summed E-state index contributed by atoms with van der Waals surface area (Å²) < 4.78 is 19.8. The summed E-state index contributed by atoms with van der Waals surface area (Å²) in [5.41, 5.74) is 2.06. The highest BCUT2D eigenvalue weighted by molar-refractivity contribution is 5.95. The summed E-state index contributed by atoms with van der Waals surface area (Å²) in [5, 5.41) is 7.97. The number of hydrogen-bond acceptors (Lipinski definition) is 4. The van der Waals surface area contributed by atoms with E-state index in [1.165, 1.54) is 6.07 Å². The summed E-state index contributed by atoms with van der Waals surface area (Å²) in [6.45, 7) is 2.97. The van der Waals surface area contributed by atoms with Crippen LogP contribution in [0.2, 0.25) is 0 Å². The molecule has 3 aromatic rings. The Morgan fingerprint density at radius 1 is 1.34 bits per heavy atom. The fraction of sp³-hybridized carbons (Fsp3) is 0.381. The number of aromatic amines is 2. The van der Waals surface area contributed by atoms with Crippen LogP contribution in [0, 0.1) is 12.7 Å². The van der Waals surface area contributed by atoms with E-state index >= 15 is 0 Å². The molecule has 0 radical (unpaired) electrons. The molecule has 1 aromatic carbocycles. The minimum atomic E-state index is -0.537. The second-order valence-electron chi connectivity index (χ2n) is 7.42. The standard InChI is InChI=1S/C21H23FN4O3/c1-12-19-16(11-23-12)20(27)25-24-18(19)10-13-3-4-17(22)15(9-13)21(28)26-7-5-14(29-2)6-8-26/h3-4,9,11,14,23H,5-8,10H2,1-2H3,(H,25,27). The van der Waals surface area contributed by atoms with Gasteiger partial charge in [0.1, 0.15) is 5.82 Å². The van der Waals surface area contributed by atoms with Gasteiger partial charge in [0, 0.05) is 43.9 Å². The van der Waals surface area contributed by atoms with E-state index in [4.69, 9.17) is 4.74 Å². The zero-order valence-electron chi connectivity index (χ0n) is 16.4. The van der Waals surface area contributed by atoms with Crippen LogP contribution in [0.4, 0.5) is 4.39 Å². The second-order valence-corrected chi connectivity index (χ2v) is 7.42. The van der Waals surface area contributed by atoms with Gasteiger partial charge in [-0.15, -0.1) is 0 Å². The normalized spacial score (nSPS) is 15.2. The van der Waals surface area contributed by atoms with E-state index in [-0.39, 0.29) is 23.1 Å². The number of benzene rings is 1. The summed E-state index contributed by atoms with van der Waals surface area (Å²) in [4.78, 5) is 29.5. The van der Waals surface area contributed by atoms with Crippen molar-refractivity contribution in [1.82, 2.24) is 20.1 Å². The van der Waals surface area contributed by atoms with Crippen molar-refractivity contribution < 1.29 is 13.9 Å². The second kappa shape index (κ2) is 7.79. The van der Waals surface area contributed by atoms with Crippen molar-refractivity contribution in [1.29, 1.82) is 0 Å². The number of hydrogen-bond donors (Lipinski definition) is 2. The molecule has 2 aromatic heterocycles. The smallest absolute Gasteiger partial charge is 0.273 e. The topological polar surface area (TPSA) is 91.1 Å². The molecular formula is C21H23FN4O3. The fourth-order valence-corrected chi connectivity index (χ4v) is 3.94. The molecular weight excluding hydrogens is 375 g/mol. The fourth-order valence-electron chi connectivity index (χ4n) is 3.94. The Morgan fingerprint density at radius 3 is 2.83 bits per heavy atom. The molecule has 7 nitrogen and oxygen atoms in total. The molecule has 1 aliphatic heterocycles. The predicted octanol–water partition coefficient (Wildman–Crippen LogP) is 2.54. The van der Waals surface area contributed by atoms with Crippen LogP contribution in [0.1, 0.15) is 40.2 Å². The number of nitrogens with one attached hydrogen (secondary N) is 2. The molecule has 8 heteroatoms. The molecule has 4 rings (SSSR count). The Balaban J connectivity index is 1.61. The molecule has 0 aliphatic carbocycles. The molecule has 1 amide bonds. The first-order valence-corrected chi connectivity index (χ1v) is 9.63. The Hall–Kier alpha value is -3.00. The molecule has 3 heterocycles. The number of H-pyrrole nitrogens is 2. The lowest BCUT2D eigenvalue weighted by Crippen LogP contribution is -2.41. The summed E-state index contributed by atoms with van der Waals surface area (Å²) in [7, 11) is 1.67. The van der Waals surface area contributed by atoms with Gasteiger partial charge in [0.25, 0.3) is 11.5 Å². The number of piperidine rings is 1. The van der Waals surface area contributed by atoms with Crippen LogP contribution >= 0.6 is 0 Å². The molecule has 0 saturated carbocycles. The van der Waals surface area contributed by atoms with Crippen molar-refractivity contribution in [3.05, 3.63) is 63.1 Å². The van der Waals surface area contributed by atoms with Crippen LogP contribution in [-0.4, -0.2) is 52.3 Å². The van der Waals surface area contributed by atoms with Gasteiger partial charge in [0.15, 0.2) is 0 Å². The van der Waals surface area contributed by atoms with E-state index in [2.05, 4.69) is 15.2 Å². The lowest BCUT2D eigenvalue weighted by molar-refractivity contribution is 0.0348. The molecule has 2 N–H and O–H groups in total. The van der Waals surface area contributed by atoms with Gasteiger partial charge >= 0.3 is 0 Å². The van der Waals surface area contributed by atoms with Crippen LogP contribution in [-0.2, 0) is 11.2 Å². The highest BCUT2D eigenvalue weighted by Crippen LogP contribution is 2.22. The maximum atomic E-state index is 14.4. The number of likely N-dealkylation sites (tertiary alicyclic amines) is 1. The number of fused-ring (bicyclic) bond motifs is 1. The first kappa shape index (κ1) is 19.3. The largest absolute Gasteiger partial charge is 0.381 e. The van der Waals surface area contributed by atoms with Gasteiger partial charge in [-0.25, -0.2) is 9.49 Å². The minimum absolute atomic E-state index is 0.0600. The van der Waals surface area contributed by atoms with Gasteiger partial charge in [0.2, 0.25) is 0 Å². The van der Waals surface area contributed by atoms with Crippen molar-refractivity contribution in [3.8, 4) is 0 Å². The number of ether oxygens (including phenoxy) is 1. The van der Waals surface area contributed by atoms with Crippen LogP contribution in [0.15, 0.2) is 29.2 Å². The number of amides is 1. The number of rotatable bonds is 4. The minimum Gasteiger partial charge on any atom is -0.381 e. The number of aryl methyl sites for hydroxylation is 1. The van der Waals surface area contributed by atoms with Crippen molar-refractivity contribution >= 4 is 16.7 Å². The van der Waals surface area contributed by atoms with E-state index < -0.39 is 5.82 Å². The van der Waals surface area contributed by atoms with Gasteiger partial charge < -0.3 is 14.6 Å². The highest BCUT2D eigenvalue weighted by Gasteiger charge is 2.25. The predicted molar refractivity (Wildman–Crippen MR) is 107 cm³/mol. The molecule has 0 bridgehead atoms. The molecule has 1 fully saturated rings. The SMILES string of the molecule is COC1CCN(C(=O)c2cc(Cc3n[nH]c(=O)c4c[nH]c(C)c34)ccc2F)CC1. The molecule has 1 aliphatic rings. The summed E-state index contributed by atoms with van der Waals surface area (Å²) >= 11 is 0. The Bertz CT molecular complexity index is 1110. The Morgan fingerprint density at radius 2 is 2.10 bits per heavy atom. The van der Waals surface area contributed by atoms with E-state index in [1.807, 2.05) is 6.92 Å². The van der Waals surface area contributed by atoms with Gasteiger partial charge in [-0.2, -0.15) is 5.10 Å². The molecule has 29 heavy (non-hydrogen) atoms. The first-order chi connectivity index (χ1) is 14.0. The van der Waals surface area contributed by atoms with E-state index in [9.17, 15) is 14.0 Å². The molecule has 0 atom stereocenters. The number of halogens is 1. The van der Waals surface area contributed by atoms with Gasteiger partial charge in [0.05, 0.1) is 22.7 Å². The molecule has 0 spiro atoms. The third-order valence-electron chi connectivity index (χ3n) is 5.60. The highest BCUT2D eigenvalue weighted by atomic mass is 19.1. The average molecular weight is 398 g/mol. The monoisotopic (exact) mass is 398 g/mol. The first-order valence-electron chi connectivity index (χ1n) is 9.63. The quantitative estimate of drug-likeness (QED) is 0.707. The van der Waals surface area contributed by atoms with Crippen molar-refractivity contribution in [3.63, 3.8) is 0 Å². The maximum absolute atomic E-state index is 14.4. The average Bonchev–Trinajstić information content (AvgIpc) is 3.14. The van der Waals surface area contributed by atoms with Crippen molar-refractivity contribution in [2.24, 2.45) is 0 Å². The van der Waals surface area contributed by atoms with E-state index in [1.54, 1.807) is 30.3 Å². The third-order valence-corrected chi connectivity index (χ3v) is 5.60. The summed E-state index contributed by atoms with van der Waals surface area (Å²) in [5.74, 6) is -0.846. The summed E-state index contributed by atoms with van der Waals surface area (Å²) in [6.07, 6.45) is 3.66. The number of nitrogens with zero attached hydrogens (tertiary/aromatic N) is 2. The maximum Gasteiger partial charge on any atom is 0.273 e. The van der Waals surface area contributed by atoms with E-state index in [0.29, 0.717) is 30.6 Å². The van der Waals surface area contributed by atoms with Crippen LogP contribution in [0.5, 0.6) is 0 Å². The van der Waals surface area contributed by atoms with Crippen molar-refractivity contribution in [2.75, 3.05) is 20.2 Å². The molecule has 0 unspecified atom stereocenters. The van der Waals surface area contributed by atoms with Gasteiger partial charge in [-0.05, 0) is 37.5 Å². The van der Waals surface area contributed by atoms with E-state index in [0.717, 1.165) is 29.5 Å². The summed E-state index contributed by atoms with van der Waals surface area (Å²) in [6, 6.07) is 4.54. The number of carbonyl (C=O) groups excluding carboxylic acids is 1. The molecule has 1 saturated heterocycles. The van der Waals surface area contributed by atoms with Crippen molar-refractivity contribution in [2.45, 2.75) is 32.3 Å². The third kappa shape index (κ3) is 3.67. The van der Waals surface area contributed by atoms with Crippen LogP contribution in [0.3, 0.4) is 0 Å². The zero-order chi connectivity index (χ0) is 20.5. The van der Waals surface area contributed by atoms with Crippen LogP contribution < -0.4 is 5.56 Å². The molecule has 152 valence electrons. The van der Waals surface area contributed by atoms with Crippen LogP contribution in [0.25, 0.3) is 10.8 Å². The lowest BCUT2D eigenvalue weighted by Gasteiger charge is -2.31.